The van der Waals surface area contributed by atoms with Crippen molar-refractivity contribution in [2.75, 3.05) is 0 Å². The molecular weight excluding hydrogens is 364 g/mol. The molecule has 2 aliphatic rings. The maximum atomic E-state index is 12.4. The van der Waals surface area contributed by atoms with Gasteiger partial charge in [0.1, 0.15) is 0 Å². The molecule has 0 spiro atoms. The number of rotatable bonds is 10. The minimum absolute atomic E-state index is 0.0429. The van der Waals surface area contributed by atoms with E-state index >= 15 is 0 Å². The van der Waals surface area contributed by atoms with Gasteiger partial charge in [0.2, 0.25) is 0 Å². The first-order chi connectivity index (χ1) is 14.0. The van der Waals surface area contributed by atoms with Gasteiger partial charge >= 0.3 is 5.97 Å². The van der Waals surface area contributed by atoms with Crippen LogP contribution in [0.5, 0.6) is 0 Å². The van der Waals surface area contributed by atoms with Crippen molar-refractivity contribution in [2.45, 2.75) is 64.4 Å². The van der Waals surface area contributed by atoms with Gasteiger partial charge < -0.3 is 10.2 Å². The molecule has 4 nitrogen and oxygen atoms in total. The largest absolute Gasteiger partial charge is 0.481 e. The molecule has 4 heteroatoms. The first-order valence-electron chi connectivity index (χ1n) is 10.8. The third kappa shape index (κ3) is 5.66. The third-order valence-electron chi connectivity index (χ3n) is 6.43. The number of hydrogen-bond donors (Lipinski definition) is 2. The van der Waals surface area contributed by atoms with Gasteiger partial charge in [-0.05, 0) is 55.7 Å². The summed E-state index contributed by atoms with van der Waals surface area (Å²) < 4.78 is 0. The van der Waals surface area contributed by atoms with Crippen LogP contribution in [0.1, 0.15) is 56.6 Å². The molecular formula is C25H32O4. The summed E-state index contributed by atoms with van der Waals surface area (Å²) >= 11 is 0. The number of aliphatic hydroxyl groups excluding tert-OH is 1. The Morgan fingerprint density at radius 2 is 1.79 bits per heavy atom. The van der Waals surface area contributed by atoms with E-state index in [2.05, 4.69) is 12.1 Å². The van der Waals surface area contributed by atoms with E-state index in [1.54, 1.807) is 6.08 Å². The molecule has 29 heavy (non-hydrogen) atoms. The SMILES string of the molecule is CC1=CC(=O)[C@H](CCCCCCC(=O)O)[C@H]1C=C[C@@H](O)C1Cc2ccccc2C1. The van der Waals surface area contributed by atoms with Gasteiger partial charge in [-0.1, -0.05) is 61.3 Å². The van der Waals surface area contributed by atoms with E-state index < -0.39 is 12.1 Å². The number of carbonyl (C=O) groups excluding carboxylic acids is 1. The monoisotopic (exact) mass is 396 g/mol. The van der Waals surface area contributed by atoms with Crippen LogP contribution in [0.25, 0.3) is 0 Å². The Morgan fingerprint density at radius 3 is 2.45 bits per heavy atom. The molecule has 0 amide bonds. The quantitative estimate of drug-likeness (QED) is 0.451. The van der Waals surface area contributed by atoms with E-state index in [-0.39, 0.29) is 30.0 Å². The van der Waals surface area contributed by atoms with Gasteiger partial charge in [0, 0.05) is 18.3 Å². The van der Waals surface area contributed by atoms with Crippen LogP contribution in [0.3, 0.4) is 0 Å². The predicted molar refractivity (Wildman–Crippen MR) is 114 cm³/mol. The van der Waals surface area contributed by atoms with E-state index in [1.807, 2.05) is 31.2 Å². The number of ketones is 1. The average molecular weight is 397 g/mol. The number of carbonyl (C=O) groups is 2. The fraction of sp³-hybridized carbons (Fsp3) is 0.520. The van der Waals surface area contributed by atoms with Gasteiger partial charge in [-0.2, -0.15) is 0 Å². The van der Waals surface area contributed by atoms with E-state index in [9.17, 15) is 14.7 Å². The summed E-state index contributed by atoms with van der Waals surface area (Å²) in [5, 5.41) is 19.4. The summed E-state index contributed by atoms with van der Waals surface area (Å²) in [4.78, 5) is 23.0. The molecule has 0 saturated heterocycles. The molecule has 1 aromatic carbocycles. The van der Waals surface area contributed by atoms with Crippen molar-refractivity contribution in [1.29, 1.82) is 0 Å². The Labute approximate surface area is 173 Å². The van der Waals surface area contributed by atoms with Crippen molar-refractivity contribution >= 4 is 11.8 Å². The van der Waals surface area contributed by atoms with Gasteiger partial charge in [-0.25, -0.2) is 0 Å². The normalized spacial score (nSPS) is 22.8. The molecule has 3 rings (SSSR count). The number of aliphatic carboxylic acids is 1. The summed E-state index contributed by atoms with van der Waals surface area (Å²) in [6.07, 6.45) is 11.5. The summed E-state index contributed by atoms with van der Waals surface area (Å²) in [5.74, 6) is -0.327. The summed E-state index contributed by atoms with van der Waals surface area (Å²) in [6, 6.07) is 8.38. The molecule has 0 saturated carbocycles. The number of carboxylic acid groups (broad SMARTS) is 1. The fourth-order valence-electron chi connectivity index (χ4n) is 4.75. The Hall–Kier alpha value is -2.20. The maximum Gasteiger partial charge on any atom is 0.303 e. The fourth-order valence-corrected chi connectivity index (χ4v) is 4.75. The van der Waals surface area contributed by atoms with Crippen LogP contribution in [0.2, 0.25) is 0 Å². The lowest BCUT2D eigenvalue weighted by molar-refractivity contribution is -0.137. The molecule has 0 unspecified atom stereocenters. The number of hydrogen-bond acceptors (Lipinski definition) is 3. The lowest BCUT2D eigenvalue weighted by atomic mass is 9.85. The second-order valence-corrected chi connectivity index (χ2v) is 8.58. The number of allylic oxidation sites excluding steroid dienone is 3. The van der Waals surface area contributed by atoms with Crippen molar-refractivity contribution in [3.63, 3.8) is 0 Å². The van der Waals surface area contributed by atoms with Crippen LogP contribution in [-0.4, -0.2) is 28.1 Å². The molecule has 0 bridgehead atoms. The molecule has 0 heterocycles. The maximum absolute atomic E-state index is 12.4. The van der Waals surface area contributed by atoms with Crippen LogP contribution in [0.4, 0.5) is 0 Å². The van der Waals surface area contributed by atoms with Gasteiger partial charge in [0.15, 0.2) is 5.78 Å². The van der Waals surface area contributed by atoms with Crippen LogP contribution in [0.15, 0.2) is 48.1 Å². The van der Waals surface area contributed by atoms with Crippen LogP contribution in [0, 0.1) is 17.8 Å². The molecule has 2 aliphatic carbocycles. The topological polar surface area (TPSA) is 74.6 Å². The zero-order valence-electron chi connectivity index (χ0n) is 17.2. The smallest absolute Gasteiger partial charge is 0.303 e. The number of unbranched alkanes of at least 4 members (excludes halogenated alkanes) is 3. The second kappa shape index (κ2) is 10.0. The highest BCUT2D eigenvalue weighted by Crippen LogP contribution is 2.35. The first kappa shape index (κ1) is 21.5. The molecule has 0 radical (unpaired) electrons. The van der Waals surface area contributed by atoms with Crippen molar-refractivity contribution in [2.24, 2.45) is 17.8 Å². The van der Waals surface area contributed by atoms with Gasteiger partial charge in [0.25, 0.3) is 0 Å². The summed E-state index contributed by atoms with van der Waals surface area (Å²) in [5.41, 5.74) is 3.74. The van der Waals surface area contributed by atoms with Crippen LogP contribution in [-0.2, 0) is 22.4 Å². The number of fused-ring (bicyclic) bond motifs is 1. The highest BCUT2D eigenvalue weighted by atomic mass is 16.4. The zero-order chi connectivity index (χ0) is 20.8. The Balaban J connectivity index is 1.50. The average Bonchev–Trinajstić information content (AvgIpc) is 3.23. The van der Waals surface area contributed by atoms with Gasteiger partial charge in [-0.15, -0.1) is 0 Å². The Bertz CT molecular complexity index is 767. The molecule has 2 N–H and O–H groups in total. The highest BCUT2D eigenvalue weighted by Gasteiger charge is 2.32. The number of benzene rings is 1. The van der Waals surface area contributed by atoms with E-state index in [0.29, 0.717) is 6.42 Å². The van der Waals surface area contributed by atoms with Crippen LogP contribution >= 0.6 is 0 Å². The molecule has 1 aromatic rings. The minimum atomic E-state index is -0.745. The molecule has 0 fully saturated rings. The number of carboxylic acids is 1. The lowest BCUT2D eigenvalue weighted by Crippen LogP contribution is -2.20. The van der Waals surface area contributed by atoms with Crippen molar-refractivity contribution in [3.8, 4) is 0 Å². The third-order valence-corrected chi connectivity index (χ3v) is 6.43. The molecule has 0 aliphatic heterocycles. The molecule has 0 aromatic heterocycles. The van der Waals surface area contributed by atoms with Gasteiger partial charge in [-0.3, -0.25) is 9.59 Å². The van der Waals surface area contributed by atoms with E-state index in [1.165, 1.54) is 11.1 Å². The van der Waals surface area contributed by atoms with Crippen molar-refractivity contribution in [3.05, 3.63) is 59.2 Å². The zero-order valence-corrected chi connectivity index (χ0v) is 17.2. The Kier molecular flexibility index (Phi) is 7.43. The standard InChI is InChI=1S/C25H32O4/c1-17-14-24(27)22(10-4-2-3-5-11-25(28)29)21(17)12-13-23(26)20-15-18-8-6-7-9-19(18)16-20/h6-9,12-14,20-23,26H,2-5,10-11,15-16H2,1H3,(H,28,29)/t21-,22+,23+/m0/s1. The van der Waals surface area contributed by atoms with Gasteiger partial charge in [0.05, 0.1) is 6.10 Å². The lowest BCUT2D eigenvalue weighted by Gasteiger charge is -2.19. The molecule has 3 atom stereocenters. The highest BCUT2D eigenvalue weighted by molar-refractivity contribution is 5.95. The van der Waals surface area contributed by atoms with Crippen molar-refractivity contribution < 1.29 is 19.8 Å². The van der Waals surface area contributed by atoms with E-state index in [4.69, 9.17) is 5.11 Å². The summed E-state index contributed by atoms with van der Waals surface area (Å²) in [6.45, 7) is 2.00. The minimum Gasteiger partial charge on any atom is -0.481 e. The predicted octanol–water partition coefficient (Wildman–Crippen LogP) is 4.51. The first-order valence-corrected chi connectivity index (χ1v) is 10.8. The van der Waals surface area contributed by atoms with Crippen molar-refractivity contribution in [1.82, 2.24) is 0 Å². The summed E-state index contributed by atoms with van der Waals surface area (Å²) in [7, 11) is 0. The Morgan fingerprint density at radius 1 is 1.14 bits per heavy atom. The molecule has 156 valence electrons. The second-order valence-electron chi connectivity index (χ2n) is 8.58. The van der Waals surface area contributed by atoms with E-state index in [0.717, 1.165) is 44.1 Å². The number of aliphatic hydroxyl groups is 1. The van der Waals surface area contributed by atoms with Crippen LogP contribution < -0.4 is 0 Å².